The van der Waals surface area contributed by atoms with Crippen molar-refractivity contribution < 1.29 is 14.6 Å². The van der Waals surface area contributed by atoms with Crippen molar-refractivity contribution >= 4 is 34.7 Å². The average molecular weight is 542 g/mol. The Morgan fingerprint density at radius 3 is 2.72 bits per heavy atom. The fourth-order valence-corrected chi connectivity index (χ4v) is 5.40. The van der Waals surface area contributed by atoms with E-state index in [2.05, 4.69) is 38.1 Å². The number of aromatic nitrogens is 1. The Balaban J connectivity index is 1.25. The lowest BCUT2D eigenvalue weighted by Crippen LogP contribution is -2.33. The number of fused-ring (bicyclic) bond motifs is 1. The van der Waals surface area contributed by atoms with Crippen molar-refractivity contribution in [2.75, 3.05) is 6.61 Å². The van der Waals surface area contributed by atoms with Crippen LogP contribution in [0.2, 0.25) is 5.02 Å². The lowest BCUT2D eigenvalue weighted by molar-refractivity contribution is -0.219. The van der Waals surface area contributed by atoms with Crippen LogP contribution in [0.4, 0.5) is 0 Å². The maximum atomic E-state index is 11.1. The lowest BCUT2D eigenvalue weighted by Gasteiger charge is -2.34. The molecule has 3 aromatic carbocycles. The summed E-state index contributed by atoms with van der Waals surface area (Å²) in [6, 6.07) is 26.2. The molecule has 0 spiro atoms. The molecule has 0 saturated carbocycles. The molecule has 0 amide bonds. The summed E-state index contributed by atoms with van der Waals surface area (Å²) < 4.78 is 12.2. The van der Waals surface area contributed by atoms with E-state index in [0.717, 1.165) is 65.6 Å². The molecule has 4 nitrogen and oxygen atoms in total. The minimum Gasteiger partial charge on any atom is -0.388 e. The summed E-state index contributed by atoms with van der Waals surface area (Å²) in [5, 5.41) is 12.8. The number of hydrogen-bond donors (Lipinski definition) is 1. The summed E-state index contributed by atoms with van der Waals surface area (Å²) in [4.78, 5) is 4.70. The van der Waals surface area contributed by atoms with Crippen molar-refractivity contribution in [2.45, 2.75) is 63.9 Å². The molecule has 2 heterocycles. The summed E-state index contributed by atoms with van der Waals surface area (Å²) in [6.45, 7) is 4.97. The van der Waals surface area contributed by atoms with Crippen LogP contribution in [0.1, 0.15) is 73.6 Å². The van der Waals surface area contributed by atoms with Crippen molar-refractivity contribution in [3.63, 3.8) is 0 Å². The fraction of sp³-hybridized carbons (Fsp3) is 0.324. The molecule has 2 atom stereocenters. The predicted octanol–water partition coefficient (Wildman–Crippen LogP) is 8.50. The number of ether oxygens (including phenoxy) is 2. The Morgan fingerprint density at radius 1 is 1.03 bits per heavy atom. The van der Waals surface area contributed by atoms with Crippen LogP contribution < -0.4 is 0 Å². The molecule has 0 aliphatic carbocycles. The highest BCUT2D eigenvalue weighted by molar-refractivity contribution is 6.31. The zero-order chi connectivity index (χ0) is 27.2. The van der Waals surface area contributed by atoms with Crippen molar-refractivity contribution in [3.8, 4) is 0 Å². The van der Waals surface area contributed by atoms with E-state index in [1.54, 1.807) is 0 Å². The Morgan fingerprint density at radius 2 is 1.87 bits per heavy atom. The van der Waals surface area contributed by atoms with Gasteiger partial charge in [-0.1, -0.05) is 72.3 Å². The van der Waals surface area contributed by atoms with Crippen LogP contribution in [0.3, 0.4) is 0 Å². The molecule has 1 N–H and O–H groups in total. The van der Waals surface area contributed by atoms with Crippen LogP contribution in [0.5, 0.6) is 0 Å². The van der Waals surface area contributed by atoms with Crippen molar-refractivity contribution in [3.05, 3.63) is 112 Å². The highest BCUT2D eigenvalue weighted by atomic mass is 35.5. The molecule has 1 fully saturated rings. The highest BCUT2D eigenvalue weighted by Crippen LogP contribution is 2.33. The standard InChI is InChI=1S/C34H36ClNO3/c1-34(2,39-33-12-5-6-21-38-33)30-11-4-3-9-25(30)16-20-32(37)27-10-7-8-24(22-27)13-18-29-19-15-26-14-17-28(35)23-31(26)36-29/h3-4,7-11,13-15,17-19,22-23,32-33,37H,5-6,12,16,20-21H2,1-2H3/t32-,33?/m1/s1. The molecule has 1 saturated heterocycles. The van der Waals surface area contributed by atoms with E-state index >= 15 is 0 Å². The van der Waals surface area contributed by atoms with E-state index in [-0.39, 0.29) is 6.29 Å². The summed E-state index contributed by atoms with van der Waals surface area (Å²) in [7, 11) is 0. The Kier molecular flexibility index (Phi) is 8.79. The zero-order valence-electron chi connectivity index (χ0n) is 22.6. The van der Waals surface area contributed by atoms with Crippen LogP contribution in [0.15, 0.2) is 78.9 Å². The van der Waals surface area contributed by atoms with E-state index in [0.29, 0.717) is 11.4 Å². The number of aliphatic hydroxyl groups is 1. The summed E-state index contributed by atoms with van der Waals surface area (Å²) in [5.74, 6) is 0. The Labute approximate surface area is 236 Å². The van der Waals surface area contributed by atoms with Gasteiger partial charge in [0, 0.05) is 17.0 Å². The number of hydrogen-bond acceptors (Lipinski definition) is 4. The first-order chi connectivity index (χ1) is 18.9. The lowest BCUT2D eigenvalue weighted by atomic mass is 9.89. The van der Waals surface area contributed by atoms with Gasteiger partial charge in [0.25, 0.3) is 0 Å². The third-order valence-corrected chi connectivity index (χ3v) is 7.57. The molecule has 1 unspecified atom stereocenters. The van der Waals surface area contributed by atoms with Gasteiger partial charge in [0.2, 0.25) is 0 Å². The van der Waals surface area contributed by atoms with E-state index in [4.69, 9.17) is 26.1 Å². The number of nitrogens with zero attached hydrogens (tertiary/aromatic N) is 1. The van der Waals surface area contributed by atoms with Crippen LogP contribution in [0, 0.1) is 0 Å². The first-order valence-electron chi connectivity index (χ1n) is 13.8. The zero-order valence-corrected chi connectivity index (χ0v) is 23.4. The molecule has 1 aromatic heterocycles. The molecule has 1 aliphatic heterocycles. The normalized spacial score (nSPS) is 17.1. The van der Waals surface area contributed by atoms with Gasteiger partial charge in [-0.05, 0) is 98.5 Å². The van der Waals surface area contributed by atoms with Gasteiger partial charge in [0.05, 0.1) is 22.9 Å². The van der Waals surface area contributed by atoms with Gasteiger partial charge < -0.3 is 14.6 Å². The van der Waals surface area contributed by atoms with Gasteiger partial charge >= 0.3 is 0 Å². The first-order valence-corrected chi connectivity index (χ1v) is 14.2. The number of benzene rings is 3. The molecule has 202 valence electrons. The molecule has 4 aromatic rings. The monoisotopic (exact) mass is 541 g/mol. The topological polar surface area (TPSA) is 51.6 Å². The van der Waals surface area contributed by atoms with E-state index in [1.165, 1.54) is 5.56 Å². The maximum absolute atomic E-state index is 11.1. The van der Waals surface area contributed by atoms with Gasteiger partial charge in [-0.25, -0.2) is 4.98 Å². The van der Waals surface area contributed by atoms with E-state index in [9.17, 15) is 5.11 Å². The van der Waals surface area contributed by atoms with Crippen molar-refractivity contribution in [1.82, 2.24) is 4.98 Å². The SMILES string of the molecule is CC(C)(OC1CCCCO1)c1ccccc1CC[C@@H](O)c1cccc(C=Cc2ccc3ccc(Cl)cc3n2)c1. The first kappa shape index (κ1) is 27.5. The number of aliphatic hydroxyl groups excluding tert-OH is 1. The van der Waals surface area contributed by atoms with Crippen LogP contribution >= 0.6 is 11.6 Å². The molecule has 0 bridgehead atoms. The van der Waals surface area contributed by atoms with Gasteiger partial charge in [0.1, 0.15) is 0 Å². The molecular formula is C34H36ClNO3. The summed E-state index contributed by atoms with van der Waals surface area (Å²) >= 11 is 6.13. The summed E-state index contributed by atoms with van der Waals surface area (Å²) in [6.07, 6.45) is 7.81. The Hall–Kier alpha value is -3.02. The molecule has 39 heavy (non-hydrogen) atoms. The van der Waals surface area contributed by atoms with E-state index < -0.39 is 11.7 Å². The van der Waals surface area contributed by atoms with Gasteiger partial charge in [-0.2, -0.15) is 0 Å². The second kappa shape index (κ2) is 12.4. The maximum Gasteiger partial charge on any atom is 0.158 e. The minimum absolute atomic E-state index is 0.161. The average Bonchev–Trinajstić information content (AvgIpc) is 2.95. The predicted molar refractivity (Wildman–Crippen MR) is 160 cm³/mol. The third kappa shape index (κ3) is 7.14. The highest BCUT2D eigenvalue weighted by Gasteiger charge is 2.29. The number of rotatable bonds is 9. The quantitative estimate of drug-likeness (QED) is 0.231. The minimum atomic E-state index is -0.571. The van der Waals surface area contributed by atoms with Crippen LogP contribution in [-0.2, 0) is 21.5 Å². The fourth-order valence-electron chi connectivity index (χ4n) is 5.23. The van der Waals surface area contributed by atoms with E-state index in [1.807, 2.05) is 66.7 Å². The molecule has 1 aliphatic rings. The largest absolute Gasteiger partial charge is 0.388 e. The van der Waals surface area contributed by atoms with Crippen molar-refractivity contribution in [1.29, 1.82) is 0 Å². The molecular weight excluding hydrogens is 506 g/mol. The summed E-state index contributed by atoms with van der Waals surface area (Å²) in [5.41, 5.74) is 5.50. The van der Waals surface area contributed by atoms with Gasteiger partial charge in [-0.3, -0.25) is 0 Å². The number of aryl methyl sites for hydroxylation is 1. The second-order valence-corrected chi connectivity index (χ2v) is 11.1. The molecule has 5 rings (SSSR count). The van der Waals surface area contributed by atoms with Crippen LogP contribution in [0.25, 0.3) is 23.1 Å². The second-order valence-electron chi connectivity index (χ2n) is 10.7. The number of halogens is 1. The smallest absolute Gasteiger partial charge is 0.158 e. The third-order valence-electron chi connectivity index (χ3n) is 7.33. The van der Waals surface area contributed by atoms with Crippen LogP contribution in [-0.4, -0.2) is 23.0 Å². The molecule has 5 heteroatoms. The Bertz CT molecular complexity index is 1440. The molecule has 0 radical (unpaired) electrons. The number of pyridine rings is 1. The van der Waals surface area contributed by atoms with Crippen molar-refractivity contribution in [2.24, 2.45) is 0 Å². The van der Waals surface area contributed by atoms with Gasteiger partial charge in [-0.15, -0.1) is 0 Å². The van der Waals surface area contributed by atoms with Gasteiger partial charge in [0.15, 0.2) is 6.29 Å².